The molecule has 21 heavy (non-hydrogen) atoms. The third-order valence-electron chi connectivity index (χ3n) is 4.91. The monoisotopic (exact) mass is 308 g/mol. The lowest BCUT2D eigenvalue weighted by Gasteiger charge is -2.28. The third-order valence-corrected chi connectivity index (χ3v) is 4.91. The summed E-state index contributed by atoms with van der Waals surface area (Å²) in [6.07, 6.45) is 6.63. The second-order valence-electron chi connectivity index (χ2n) is 6.11. The first-order valence-corrected chi connectivity index (χ1v) is 7.90. The highest BCUT2D eigenvalue weighted by Crippen LogP contribution is 2.35. The molecule has 3 rings (SSSR count). The van der Waals surface area contributed by atoms with Crippen molar-refractivity contribution in [1.29, 1.82) is 0 Å². The van der Waals surface area contributed by atoms with Crippen molar-refractivity contribution < 1.29 is 4.79 Å². The lowest BCUT2D eigenvalue weighted by atomic mass is 9.94. The second-order valence-corrected chi connectivity index (χ2v) is 6.11. The van der Waals surface area contributed by atoms with Crippen LogP contribution in [-0.4, -0.2) is 19.0 Å². The molecule has 2 aliphatic rings. The molecule has 1 aromatic rings. The number of benzene rings is 1. The smallest absolute Gasteiger partial charge is 0.230 e. The molecule has 1 heterocycles. The summed E-state index contributed by atoms with van der Waals surface area (Å²) < 4.78 is 0. The van der Waals surface area contributed by atoms with Gasteiger partial charge >= 0.3 is 0 Å². The summed E-state index contributed by atoms with van der Waals surface area (Å²) in [5, 5.41) is 0. The van der Waals surface area contributed by atoms with Gasteiger partial charge in [-0.25, -0.2) is 0 Å². The number of para-hydroxylation sites is 1. The van der Waals surface area contributed by atoms with Crippen molar-refractivity contribution in [3.05, 3.63) is 29.8 Å². The minimum Gasteiger partial charge on any atom is -0.330 e. The number of fused-ring (bicyclic) bond motifs is 1. The van der Waals surface area contributed by atoms with Crippen LogP contribution in [0.2, 0.25) is 0 Å². The molecule has 3 nitrogen and oxygen atoms in total. The molecule has 116 valence electrons. The van der Waals surface area contributed by atoms with Gasteiger partial charge in [0, 0.05) is 18.2 Å². The Bertz CT molecular complexity index is 491. The number of nitrogens with zero attached hydrogens (tertiary/aromatic N) is 1. The molecule has 1 saturated carbocycles. The number of rotatable bonds is 2. The molecule has 1 aliphatic heterocycles. The van der Waals surface area contributed by atoms with E-state index in [1.165, 1.54) is 12.0 Å². The Labute approximate surface area is 133 Å². The molecule has 0 radical (unpaired) electrons. The maximum atomic E-state index is 13.0. The normalized spacial score (nSPS) is 24.9. The Morgan fingerprint density at radius 1 is 1.19 bits per heavy atom. The average Bonchev–Trinajstić information content (AvgIpc) is 2.86. The molecule has 2 N–H and O–H groups in total. The fourth-order valence-corrected chi connectivity index (χ4v) is 3.76. The van der Waals surface area contributed by atoms with E-state index in [0.717, 1.165) is 44.3 Å². The van der Waals surface area contributed by atoms with Crippen molar-refractivity contribution in [3.8, 4) is 0 Å². The van der Waals surface area contributed by atoms with Gasteiger partial charge in [-0.2, -0.15) is 0 Å². The quantitative estimate of drug-likeness (QED) is 0.912. The van der Waals surface area contributed by atoms with Crippen molar-refractivity contribution in [2.75, 3.05) is 18.0 Å². The third kappa shape index (κ3) is 3.24. The molecule has 0 unspecified atom stereocenters. The molecule has 1 fully saturated rings. The second kappa shape index (κ2) is 7.28. The highest BCUT2D eigenvalue weighted by molar-refractivity contribution is 5.96. The van der Waals surface area contributed by atoms with Gasteiger partial charge in [-0.1, -0.05) is 24.6 Å². The van der Waals surface area contributed by atoms with E-state index >= 15 is 0 Å². The molecule has 2 atom stereocenters. The SMILES string of the molecule is Cl.NC[C@H]1CCC[C@H]1C(=O)N1CCCCc2ccccc21. The zero-order valence-corrected chi connectivity index (χ0v) is 13.3. The van der Waals surface area contributed by atoms with Crippen molar-refractivity contribution in [2.24, 2.45) is 17.6 Å². The Hall–Kier alpha value is -1.06. The van der Waals surface area contributed by atoms with Crippen LogP contribution in [0.15, 0.2) is 24.3 Å². The summed E-state index contributed by atoms with van der Waals surface area (Å²) in [7, 11) is 0. The van der Waals surface area contributed by atoms with E-state index < -0.39 is 0 Å². The first-order valence-electron chi connectivity index (χ1n) is 7.90. The first kappa shape index (κ1) is 16.3. The average molecular weight is 309 g/mol. The Kier molecular flexibility index (Phi) is 5.65. The fraction of sp³-hybridized carbons (Fsp3) is 0.588. The molecule has 1 aliphatic carbocycles. The standard InChI is InChI=1S/C17H24N2O.ClH/c18-12-14-8-5-9-15(14)17(20)19-11-4-3-7-13-6-1-2-10-16(13)19;/h1-2,6,10,14-15H,3-5,7-9,11-12,18H2;1H/t14-,15-;/m1./s1. The van der Waals surface area contributed by atoms with Crippen LogP contribution >= 0.6 is 12.4 Å². The number of hydrogen-bond acceptors (Lipinski definition) is 2. The van der Waals surface area contributed by atoms with E-state index in [1.54, 1.807) is 0 Å². The number of hydrogen-bond donors (Lipinski definition) is 1. The Morgan fingerprint density at radius 2 is 2.00 bits per heavy atom. The number of halogens is 1. The summed E-state index contributed by atoms with van der Waals surface area (Å²) in [5.41, 5.74) is 8.30. The van der Waals surface area contributed by atoms with Crippen LogP contribution in [0.25, 0.3) is 0 Å². The van der Waals surface area contributed by atoms with Crippen LogP contribution in [0.3, 0.4) is 0 Å². The van der Waals surface area contributed by atoms with Crippen LogP contribution in [0.4, 0.5) is 5.69 Å². The van der Waals surface area contributed by atoms with Crippen LogP contribution in [0, 0.1) is 11.8 Å². The molecule has 0 spiro atoms. The molecule has 0 aromatic heterocycles. The number of amides is 1. The van der Waals surface area contributed by atoms with Gasteiger partial charge in [0.1, 0.15) is 0 Å². The lowest BCUT2D eigenvalue weighted by Crippen LogP contribution is -2.39. The van der Waals surface area contributed by atoms with E-state index in [-0.39, 0.29) is 18.3 Å². The van der Waals surface area contributed by atoms with Gasteiger partial charge < -0.3 is 10.6 Å². The van der Waals surface area contributed by atoms with Gasteiger partial charge in [-0.3, -0.25) is 4.79 Å². The van der Waals surface area contributed by atoms with Crippen LogP contribution in [0.1, 0.15) is 37.7 Å². The van der Waals surface area contributed by atoms with Gasteiger partial charge in [0.25, 0.3) is 0 Å². The molecule has 1 aromatic carbocycles. The number of carbonyl (C=O) groups excluding carboxylic acids is 1. The van der Waals surface area contributed by atoms with Crippen molar-refractivity contribution in [3.63, 3.8) is 0 Å². The van der Waals surface area contributed by atoms with Crippen LogP contribution in [0.5, 0.6) is 0 Å². The van der Waals surface area contributed by atoms with Gasteiger partial charge in [0.15, 0.2) is 0 Å². The summed E-state index contributed by atoms with van der Waals surface area (Å²) in [6, 6.07) is 8.38. The van der Waals surface area contributed by atoms with Crippen LogP contribution in [-0.2, 0) is 11.2 Å². The van der Waals surface area contributed by atoms with E-state index in [0.29, 0.717) is 18.4 Å². The molecule has 0 saturated heterocycles. The number of carbonyl (C=O) groups is 1. The van der Waals surface area contributed by atoms with Crippen molar-refractivity contribution in [2.45, 2.75) is 38.5 Å². The summed E-state index contributed by atoms with van der Waals surface area (Å²) >= 11 is 0. The van der Waals surface area contributed by atoms with Crippen molar-refractivity contribution >= 4 is 24.0 Å². The molecule has 1 amide bonds. The highest BCUT2D eigenvalue weighted by Gasteiger charge is 2.35. The topological polar surface area (TPSA) is 46.3 Å². The lowest BCUT2D eigenvalue weighted by molar-refractivity contribution is -0.123. The summed E-state index contributed by atoms with van der Waals surface area (Å²) in [6.45, 7) is 1.51. The predicted octanol–water partition coefficient (Wildman–Crippen LogP) is 3.15. The molecule has 4 heteroatoms. The van der Waals surface area contributed by atoms with Gasteiger partial charge in [0.2, 0.25) is 5.91 Å². The van der Waals surface area contributed by atoms with E-state index in [1.807, 2.05) is 11.0 Å². The van der Waals surface area contributed by atoms with E-state index in [9.17, 15) is 4.79 Å². The Morgan fingerprint density at radius 3 is 2.81 bits per heavy atom. The fourth-order valence-electron chi connectivity index (χ4n) is 3.76. The Balaban J connectivity index is 0.00000161. The maximum Gasteiger partial charge on any atom is 0.230 e. The maximum absolute atomic E-state index is 13.0. The van der Waals surface area contributed by atoms with Gasteiger partial charge in [-0.15, -0.1) is 12.4 Å². The minimum atomic E-state index is 0. The summed E-state index contributed by atoms with van der Waals surface area (Å²) in [4.78, 5) is 15.0. The first-order chi connectivity index (χ1) is 9.81. The van der Waals surface area contributed by atoms with Gasteiger partial charge in [-0.05, 0) is 56.2 Å². The molecular formula is C17H25ClN2O. The van der Waals surface area contributed by atoms with E-state index in [2.05, 4.69) is 18.2 Å². The zero-order valence-electron chi connectivity index (χ0n) is 12.5. The molecule has 0 bridgehead atoms. The summed E-state index contributed by atoms with van der Waals surface area (Å²) in [5.74, 6) is 0.844. The number of nitrogens with two attached hydrogens (primary N) is 1. The largest absolute Gasteiger partial charge is 0.330 e. The number of aryl methyl sites for hydroxylation is 1. The highest BCUT2D eigenvalue weighted by atomic mass is 35.5. The minimum absolute atomic E-state index is 0. The van der Waals surface area contributed by atoms with Gasteiger partial charge in [0.05, 0.1) is 0 Å². The zero-order chi connectivity index (χ0) is 13.9. The predicted molar refractivity (Wildman–Crippen MR) is 88.9 cm³/mol. The van der Waals surface area contributed by atoms with Crippen molar-refractivity contribution in [1.82, 2.24) is 0 Å². The molecular weight excluding hydrogens is 284 g/mol. The van der Waals surface area contributed by atoms with E-state index in [4.69, 9.17) is 5.73 Å². The van der Waals surface area contributed by atoms with Crippen LogP contribution < -0.4 is 10.6 Å². The number of anilines is 1.